The summed E-state index contributed by atoms with van der Waals surface area (Å²) in [6.07, 6.45) is 1.62. The zero-order chi connectivity index (χ0) is 18.6. The van der Waals surface area contributed by atoms with Gasteiger partial charge in [0.25, 0.3) is 0 Å². The van der Waals surface area contributed by atoms with E-state index < -0.39 is 12.0 Å². The first kappa shape index (κ1) is 18.7. The lowest BCUT2D eigenvalue weighted by atomic mass is 10.0. The van der Waals surface area contributed by atoms with Crippen LogP contribution in [0.2, 0.25) is 0 Å². The number of likely N-dealkylation sites (N-methyl/N-ethyl adjacent to an activating group) is 1. The van der Waals surface area contributed by atoms with E-state index in [1.54, 1.807) is 11.1 Å². The Morgan fingerprint density at radius 3 is 2.32 bits per heavy atom. The Labute approximate surface area is 147 Å². The molecule has 0 radical (unpaired) electrons. The molecule has 1 aromatic heterocycles. The van der Waals surface area contributed by atoms with Crippen molar-refractivity contribution >= 4 is 11.9 Å². The molecule has 0 aliphatic heterocycles. The summed E-state index contributed by atoms with van der Waals surface area (Å²) in [6.45, 7) is 3.59. The van der Waals surface area contributed by atoms with Crippen molar-refractivity contribution in [2.45, 2.75) is 26.4 Å². The number of hydrogen-bond donors (Lipinski definition) is 2. The molecular weight excluding hydrogens is 320 g/mol. The third-order valence-corrected chi connectivity index (χ3v) is 3.90. The quantitative estimate of drug-likeness (QED) is 0.799. The minimum absolute atomic E-state index is 0.169. The van der Waals surface area contributed by atoms with E-state index in [2.05, 4.69) is 9.97 Å². The number of aliphatic carboxylic acids is 1. The van der Waals surface area contributed by atoms with E-state index >= 15 is 0 Å². The van der Waals surface area contributed by atoms with E-state index in [4.69, 9.17) is 0 Å². The number of carbonyl (C=O) groups is 2. The third-order valence-electron chi connectivity index (χ3n) is 3.90. The topological polar surface area (TPSA) is 89.5 Å². The summed E-state index contributed by atoms with van der Waals surface area (Å²) in [5.41, 5.74) is 2.63. The fourth-order valence-corrected chi connectivity index (χ4v) is 2.72. The molecule has 2 aromatic rings. The first-order chi connectivity index (χ1) is 11.8. The molecule has 1 atom stereocenters. The number of imidazole rings is 1. The molecule has 25 heavy (non-hydrogen) atoms. The van der Waals surface area contributed by atoms with Crippen LogP contribution in [-0.2, 0) is 16.1 Å². The molecule has 0 fully saturated rings. The number of nitrogens with zero attached hydrogens (tertiary/aromatic N) is 3. The summed E-state index contributed by atoms with van der Waals surface area (Å²) >= 11 is 0. The molecule has 1 heterocycles. The van der Waals surface area contributed by atoms with E-state index in [1.807, 2.05) is 52.2 Å². The summed E-state index contributed by atoms with van der Waals surface area (Å²) in [5.74, 6) is -0.588. The molecule has 7 nitrogen and oxygen atoms in total. The van der Waals surface area contributed by atoms with Crippen molar-refractivity contribution in [3.05, 3.63) is 53.1 Å². The zero-order valence-electron chi connectivity index (χ0n) is 15.0. The highest BCUT2D eigenvalue weighted by molar-refractivity contribution is 5.86. The normalized spacial score (nSPS) is 12.2. The van der Waals surface area contributed by atoms with Gasteiger partial charge in [-0.3, -0.25) is 14.5 Å². The predicted octanol–water partition coefficient (Wildman–Crippen LogP) is 1.74. The van der Waals surface area contributed by atoms with E-state index in [0.29, 0.717) is 5.69 Å². The van der Waals surface area contributed by atoms with E-state index in [0.717, 1.165) is 17.0 Å². The molecule has 0 saturated carbocycles. The average Bonchev–Trinajstić information content (AvgIpc) is 2.93. The average molecular weight is 344 g/mol. The smallest absolute Gasteiger partial charge is 0.323 e. The van der Waals surface area contributed by atoms with E-state index in [9.17, 15) is 14.7 Å². The molecule has 1 aromatic carbocycles. The minimum Gasteiger partial charge on any atom is -0.480 e. The summed E-state index contributed by atoms with van der Waals surface area (Å²) in [4.78, 5) is 34.6. The van der Waals surface area contributed by atoms with Crippen LogP contribution in [0.1, 0.15) is 28.7 Å². The van der Waals surface area contributed by atoms with Crippen molar-refractivity contribution in [2.75, 3.05) is 20.6 Å². The van der Waals surface area contributed by atoms with Gasteiger partial charge in [-0.1, -0.05) is 29.8 Å². The van der Waals surface area contributed by atoms with Gasteiger partial charge in [0.2, 0.25) is 5.91 Å². The van der Waals surface area contributed by atoms with Crippen molar-refractivity contribution in [2.24, 2.45) is 0 Å². The number of aromatic amines is 1. The maximum Gasteiger partial charge on any atom is 0.323 e. The maximum atomic E-state index is 13.1. The summed E-state index contributed by atoms with van der Waals surface area (Å²) in [7, 11) is 3.61. The lowest BCUT2D eigenvalue weighted by Gasteiger charge is -2.30. The third kappa shape index (κ3) is 4.90. The largest absolute Gasteiger partial charge is 0.480 e. The fourth-order valence-electron chi connectivity index (χ4n) is 2.72. The van der Waals surface area contributed by atoms with Crippen LogP contribution in [0.25, 0.3) is 0 Å². The number of H-pyrrole nitrogens is 1. The molecule has 1 amide bonds. The van der Waals surface area contributed by atoms with Gasteiger partial charge in [0.05, 0.1) is 18.4 Å². The predicted molar refractivity (Wildman–Crippen MR) is 94.0 cm³/mol. The highest BCUT2D eigenvalue weighted by Gasteiger charge is 2.29. The van der Waals surface area contributed by atoms with Crippen molar-refractivity contribution in [3.8, 4) is 0 Å². The van der Waals surface area contributed by atoms with Gasteiger partial charge in [0, 0.05) is 0 Å². The highest BCUT2D eigenvalue weighted by Crippen LogP contribution is 2.22. The van der Waals surface area contributed by atoms with Gasteiger partial charge in [0.15, 0.2) is 0 Å². The van der Waals surface area contributed by atoms with Gasteiger partial charge in [-0.2, -0.15) is 0 Å². The van der Waals surface area contributed by atoms with Gasteiger partial charge in [0.1, 0.15) is 18.4 Å². The molecule has 0 spiro atoms. The Kier molecular flexibility index (Phi) is 5.93. The van der Waals surface area contributed by atoms with Gasteiger partial charge < -0.3 is 15.0 Å². The minimum atomic E-state index is -1.05. The Balaban J connectivity index is 2.30. The molecule has 134 valence electrons. The first-order valence-corrected chi connectivity index (χ1v) is 8.02. The fraction of sp³-hybridized carbons (Fsp3) is 0.389. The number of aryl methyl sites for hydroxylation is 2. The van der Waals surface area contributed by atoms with Crippen LogP contribution in [-0.4, -0.2) is 57.4 Å². The number of rotatable bonds is 7. The Morgan fingerprint density at radius 1 is 1.20 bits per heavy atom. The number of hydrogen-bond acceptors (Lipinski definition) is 4. The van der Waals surface area contributed by atoms with Gasteiger partial charge >= 0.3 is 5.97 Å². The van der Waals surface area contributed by atoms with Crippen LogP contribution >= 0.6 is 0 Å². The number of benzene rings is 1. The van der Waals surface area contributed by atoms with Crippen LogP contribution in [0.15, 0.2) is 30.5 Å². The van der Waals surface area contributed by atoms with Gasteiger partial charge in [-0.05, 0) is 33.5 Å². The summed E-state index contributed by atoms with van der Waals surface area (Å²) < 4.78 is 0. The second kappa shape index (κ2) is 7.94. The number of carbonyl (C=O) groups excluding carboxylic acids is 1. The molecule has 1 unspecified atom stereocenters. The highest BCUT2D eigenvalue weighted by atomic mass is 16.4. The molecule has 7 heteroatoms. The van der Waals surface area contributed by atoms with Gasteiger partial charge in [-0.25, -0.2) is 4.98 Å². The Hall–Kier alpha value is -2.67. The van der Waals surface area contributed by atoms with E-state index in [-0.39, 0.29) is 19.0 Å². The second-order valence-electron chi connectivity index (χ2n) is 6.36. The molecule has 2 N–H and O–H groups in total. The van der Waals surface area contributed by atoms with Crippen LogP contribution in [0.3, 0.4) is 0 Å². The number of carboxylic acid groups (broad SMARTS) is 1. The Bertz CT molecular complexity index is 737. The van der Waals surface area contributed by atoms with Crippen LogP contribution in [0.5, 0.6) is 0 Å². The standard InChI is InChI=1S/C18H24N4O3/c1-12-5-7-14(8-6-12)17(21(3)4)18(25)22(11-16(23)24)10-15-9-19-13(2)20-15/h5-9,17H,10-11H2,1-4H3,(H,19,20)(H,23,24). The number of aromatic nitrogens is 2. The van der Waals surface area contributed by atoms with Crippen LogP contribution in [0.4, 0.5) is 0 Å². The lowest BCUT2D eigenvalue weighted by molar-refractivity contribution is -0.147. The summed E-state index contributed by atoms with van der Waals surface area (Å²) in [6, 6.07) is 7.13. The number of nitrogens with one attached hydrogen (secondary N) is 1. The van der Waals surface area contributed by atoms with Gasteiger partial charge in [-0.15, -0.1) is 0 Å². The maximum absolute atomic E-state index is 13.1. The van der Waals surface area contributed by atoms with Crippen molar-refractivity contribution in [3.63, 3.8) is 0 Å². The van der Waals surface area contributed by atoms with Crippen molar-refractivity contribution < 1.29 is 14.7 Å². The lowest BCUT2D eigenvalue weighted by Crippen LogP contribution is -2.42. The second-order valence-corrected chi connectivity index (χ2v) is 6.36. The molecule has 0 bridgehead atoms. The van der Waals surface area contributed by atoms with Crippen LogP contribution < -0.4 is 0 Å². The first-order valence-electron chi connectivity index (χ1n) is 8.02. The molecule has 2 rings (SSSR count). The SMILES string of the molecule is Cc1ccc(C(C(=O)N(CC(=O)O)Cc2cnc(C)[nH]2)N(C)C)cc1. The van der Waals surface area contributed by atoms with Crippen molar-refractivity contribution in [1.82, 2.24) is 19.8 Å². The number of carboxylic acids is 1. The Morgan fingerprint density at radius 2 is 1.84 bits per heavy atom. The molecule has 0 saturated heterocycles. The van der Waals surface area contributed by atoms with E-state index in [1.165, 1.54) is 4.90 Å². The summed E-state index contributed by atoms with van der Waals surface area (Å²) in [5, 5.41) is 9.21. The number of amides is 1. The molecule has 0 aliphatic carbocycles. The van der Waals surface area contributed by atoms with Crippen molar-refractivity contribution in [1.29, 1.82) is 0 Å². The monoisotopic (exact) mass is 344 g/mol. The van der Waals surface area contributed by atoms with Crippen LogP contribution in [0, 0.1) is 13.8 Å². The molecule has 0 aliphatic rings. The molecular formula is C18H24N4O3. The zero-order valence-corrected chi connectivity index (χ0v) is 15.0.